The Kier molecular flexibility index (Phi) is 6.39. The second kappa shape index (κ2) is 8.93. The first-order chi connectivity index (χ1) is 15.2. The van der Waals surface area contributed by atoms with Gasteiger partial charge < -0.3 is 19.9 Å². The first-order valence-corrected chi connectivity index (χ1v) is 12.0. The van der Waals surface area contributed by atoms with Gasteiger partial charge >= 0.3 is 12.1 Å². The molecule has 0 aliphatic carbocycles. The van der Waals surface area contributed by atoms with Gasteiger partial charge in [0.05, 0.1) is 6.04 Å². The van der Waals surface area contributed by atoms with E-state index in [9.17, 15) is 9.59 Å². The van der Waals surface area contributed by atoms with Crippen molar-refractivity contribution in [2.45, 2.75) is 76.6 Å². The summed E-state index contributed by atoms with van der Waals surface area (Å²) in [5, 5.41) is 3.05. The minimum Gasteiger partial charge on any atom is -0.444 e. The number of piperidine rings is 2. The Labute approximate surface area is 192 Å². The molecule has 0 radical (unpaired) electrons. The lowest BCUT2D eigenvalue weighted by atomic mass is 9.85. The molecule has 0 saturated carbocycles. The van der Waals surface area contributed by atoms with Gasteiger partial charge in [-0.1, -0.05) is 30.3 Å². The number of ether oxygens (including phenoxy) is 1. The molecule has 3 aliphatic rings. The van der Waals surface area contributed by atoms with Gasteiger partial charge in [0.2, 0.25) is 0 Å². The van der Waals surface area contributed by atoms with Crippen LogP contribution in [-0.4, -0.2) is 76.7 Å². The van der Waals surface area contributed by atoms with Gasteiger partial charge in [-0.25, -0.2) is 9.59 Å². The molecule has 3 saturated heterocycles. The standard InChI is InChI=1S/C25H38N4O3/c1-24(2,3)32-23(31)27-16-12-25(4,13-17-27)28-14-10-20(11-15-28)29-21(18-26-22(29)30)19-8-6-5-7-9-19/h5-9,20-21H,10-18H2,1-4H3,(H,26,30)/t21-/m0/s1. The molecular weight excluding hydrogens is 404 g/mol. The number of amides is 3. The van der Waals surface area contributed by atoms with Crippen molar-refractivity contribution in [1.29, 1.82) is 0 Å². The van der Waals surface area contributed by atoms with Crippen molar-refractivity contribution in [3.05, 3.63) is 35.9 Å². The highest BCUT2D eigenvalue weighted by atomic mass is 16.6. The Morgan fingerprint density at radius 3 is 2.28 bits per heavy atom. The van der Waals surface area contributed by atoms with E-state index in [0.29, 0.717) is 6.54 Å². The smallest absolute Gasteiger partial charge is 0.410 e. The Morgan fingerprint density at radius 2 is 1.69 bits per heavy atom. The van der Waals surface area contributed by atoms with Gasteiger partial charge in [0, 0.05) is 44.3 Å². The molecule has 1 atom stereocenters. The number of carbonyl (C=O) groups excluding carboxylic acids is 2. The summed E-state index contributed by atoms with van der Waals surface area (Å²) in [5.74, 6) is 0. The van der Waals surface area contributed by atoms with Crippen molar-refractivity contribution >= 4 is 12.1 Å². The van der Waals surface area contributed by atoms with E-state index in [-0.39, 0.29) is 29.7 Å². The van der Waals surface area contributed by atoms with Gasteiger partial charge in [0.15, 0.2) is 0 Å². The number of likely N-dealkylation sites (tertiary alicyclic amines) is 2. The number of nitrogens with one attached hydrogen (secondary N) is 1. The first kappa shape index (κ1) is 22.9. The lowest BCUT2D eigenvalue weighted by Crippen LogP contribution is -2.58. The van der Waals surface area contributed by atoms with Crippen LogP contribution in [0.2, 0.25) is 0 Å². The fourth-order valence-electron chi connectivity index (χ4n) is 5.39. The summed E-state index contributed by atoms with van der Waals surface area (Å²) >= 11 is 0. The monoisotopic (exact) mass is 442 g/mol. The highest BCUT2D eigenvalue weighted by Gasteiger charge is 2.43. The zero-order chi connectivity index (χ0) is 22.9. The van der Waals surface area contributed by atoms with Gasteiger partial charge in [-0.3, -0.25) is 4.90 Å². The SMILES string of the molecule is CC(C)(C)OC(=O)N1CCC(C)(N2CCC(N3C(=O)NC[C@H]3c3ccccc3)CC2)CC1. The molecule has 1 aromatic carbocycles. The maximum absolute atomic E-state index is 12.7. The number of urea groups is 1. The molecule has 3 heterocycles. The highest BCUT2D eigenvalue weighted by Crippen LogP contribution is 2.35. The number of carbonyl (C=O) groups is 2. The Hall–Kier alpha value is -2.28. The number of hydrogen-bond acceptors (Lipinski definition) is 4. The summed E-state index contributed by atoms with van der Waals surface area (Å²) in [5.41, 5.74) is 0.837. The molecule has 0 aromatic heterocycles. The maximum atomic E-state index is 12.7. The molecule has 4 rings (SSSR count). The molecule has 0 unspecified atom stereocenters. The Morgan fingerprint density at radius 1 is 1.06 bits per heavy atom. The average Bonchev–Trinajstić information content (AvgIpc) is 3.15. The van der Waals surface area contributed by atoms with Crippen LogP contribution in [0.5, 0.6) is 0 Å². The van der Waals surface area contributed by atoms with E-state index in [4.69, 9.17) is 4.74 Å². The summed E-state index contributed by atoms with van der Waals surface area (Å²) in [6, 6.07) is 10.8. The van der Waals surface area contributed by atoms with Crippen LogP contribution in [0.1, 0.15) is 65.0 Å². The lowest BCUT2D eigenvalue weighted by molar-refractivity contribution is -0.0134. The summed E-state index contributed by atoms with van der Waals surface area (Å²) in [6.07, 6.45) is 3.68. The van der Waals surface area contributed by atoms with Crippen LogP contribution in [-0.2, 0) is 4.74 Å². The van der Waals surface area contributed by atoms with Crippen LogP contribution in [0.3, 0.4) is 0 Å². The molecule has 3 fully saturated rings. The van der Waals surface area contributed by atoms with Crippen LogP contribution in [0.4, 0.5) is 9.59 Å². The minimum atomic E-state index is -0.459. The van der Waals surface area contributed by atoms with Gasteiger partial charge in [0.25, 0.3) is 0 Å². The second-order valence-corrected chi connectivity index (χ2v) is 10.7. The minimum absolute atomic E-state index is 0.0641. The van der Waals surface area contributed by atoms with E-state index >= 15 is 0 Å². The zero-order valence-corrected chi connectivity index (χ0v) is 20.0. The Bertz CT molecular complexity index is 806. The number of benzene rings is 1. The van der Waals surface area contributed by atoms with Crippen LogP contribution in [0.15, 0.2) is 30.3 Å². The Balaban J connectivity index is 1.33. The number of nitrogens with zero attached hydrogens (tertiary/aromatic N) is 3. The maximum Gasteiger partial charge on any atom is 0.410 e. The molecule has 7 nitrogen and oxygen atoms in total. The normalized spacial score (nSPS) is 25.0. The van der Waals surface area contributed by atoms with Crippen LogP contribution < -0.4 is 5.32 Å². The van der Waals surface area contributed by atoms with Crippen LogP contribution >= 0.6 is 0 Å². The van der Waals surface area contributed by atoms with E-state index in [1.165, 1.54) is 5.56 Å². The van der Waals surface area contributed by atoms with Crippen LogP contribution in [0, 0.1) is 0 Å². The zero-order valence-electron chi connectivity index (χ0n) is 20.0. The quantitative estimate of drug-likeness (QED) is 0.768. The van der Waals surface area contributed by atoms with Crippen molar-refractivity contribution in [3.8, 4) is 0 Å². The predicted octanol–water partition coefficient (Wildman–Crippen LogP) is 4.01. The molecule has 176 valence electrons. The van der Waals surface area contributed by atoms with Crippen molar-refractivity contribution in [2.75, 3.05) is 32.7 Å². The fourth-order valence-corrected chi connectivity index (χ4v) is 5.39. The van der Waals surface area contributed by atoms with Crippen molar-refractivity contribution in [3.63, 3.8) is 0 Å². The molecule has 32 heavy (non-hydrogen) atoms. The molecular formula is C25H38N4O3. The van der Waals surface area contributed by atoms with Gasteiger partial charge in [-0.15, -0.1) is 0 Å². The highest BCUT2D eigenvalue weighted by molar-refractivity contribution is 5.77. The first-order valence-electron chi connectivity index (χ1n) is 12.0. The summed E-state index contributed by atoms with van der Waals surface area (Å²) in [4.78, 5) is 31.6. The molecule has 3 aliphatic heterocycles. The average molecular weight is 443 g/mol. The molecule has 1 N–H and O–H groups in total. The third kappa shape index (κ3) is 4.87. The second-order valence-electron chi connectivity index (χ2n) is 10.7. The molecule has 3 amide bonds. The third-order valence-electron chi connectivity index (χ3n) is 7.31. The van der Waals surface area contributed by atoms with E-state index in [2.05, 4.69) is 34.2 Å². The van der Waals surface area contributed by atoms with E-state index in [0.717, 1.165) is 51.9 Å². The van der Waals surface area contributed by atoms with Crippen molar-refractivity contribution in [2.24, 2.45) is 0 Å². The molecule has 1 aromatic rings. The fraction of sp³-hybridized carbons (Fsp3) is 0.680. The number of hydrogen-bond donors (Lipinski definition) is 1. The van der Waals surface area contributed by atoms with E-state index < -0.39 is 5.60 Å². The van der Waals surface area contributed by atoms with E-state index in [1.54, 1.807) is 0 Å². The predicted molar refractivity (Wildman–Crippen MR) is 124 cm³/mol. The summed E-state index contributed by atoms with van der Waals surface area (Å²) in [6.45, 7) is 12.2. The topological polar surface area (TPSA) is 65.1 Å². The summed E-state index contributed by atoms with van der Waals surface area (Å²) < 4.78 is 5.55. The molecule has 7 heteroatoms. The summed E-state index contributed by atoms with van der Waals surface area (Å²) in [7, 11) is 0. The molecule has 0 bridgehead atoms. The lowest BCUT2D eigenvalue weighted by Gasteiger charge is -2.50. The van der Waals surface area contributed by atoms with Crippen molar-refractivity contribution < 1.29 is 14.3 Å². The van der Waals surface area contributed by atoms with Gasteiger partial charge in [-0.05, 0) is 58.9 Å². The van der Waals surface area contributed by atoms with Crippen LogP contribution in [0.25, 0.3) is 0 Å². The largest absolute Gasteiger partial charge is 0.444 e. The molecule has 0 spiro atoms. The van der Waals surface area contributed by atoms with Crippen molar-refractivity contribution in [1.82, 2.24) is 20.0 Å². The number of rotatable bonds is 3. The van der Waals surface area contributed by atoms with Gasteiger partial charge in [0.1, 0.15) is 5.60 Å². The van der Waals surface area contributed by atoms with E-state index in [1.807, 2.05) is 43.9 Å². The third-order valence-corrected chi connectivity index (χ3v) is 7.31. The van der Waals surface area contributed by atoms with Gasteiger partial charge in [-0.2, -0.15) is 0 Å².